The van der Waals surface area contributed by atoms with Crippen molar-refractivity contribution in [3.05, 3.63) is 48.0 Å². The van der Waals surface area contributed by atoms with Crippen LogP contribution in [0.1, 0.15) is 36.5 Å². The first-order valence-electron chi connectivity index (χ1n) is 11.0. The topological polar surface area (TPSA) is 111 Å². The molecule has 1 aliphatic rings. The Hall–Kier alpha value is -3.11. The standard InChI is InChI=1S/C23H31N5O4S/c1-4-24-23(30)26-18-10-8-9-17(15-18)25-22(29)20-16-19(33(31,32)27(2)3)11-12-21(20)28-13-6-5-7-14-28/h8-12,15-16H,4-7,13-14H2,1-3H3,(H,25,29)(H2,24,26,30). The van der Waals surface area contributed by atoms with Crippen molar-refractivity contribution in [2.24, 2.45) is 0 Å². The summed E-state index contributed by atoms with van der Waals surface area (Å²) in [6, 6.07) is 11.2. The molecule has 0 bridgehead atoms. The number of urea groups is 1. The second-order valence-electron chi connectivity index (χ2n) is 8.03. The molecule has 3 N–H and O–H groups in total. The SMILES string of the molecule is CCNC(=O)Nc1cccc(NC(=O)c2cc(S(=O)(=O)N(C)C)ccc2N2CCCCC2)c1. The number of piperidine rings is 1. The van der Waals surface area contributed by atoms with E-state index in [1.807, 2.05) is 6.92 Å². The molecule has 10 heteroatoms. The third-order valence-corrected chi connectivity index (χ3v) is 7.21. The van der Waals surface area contributed by atoms with Gasteiger partial charge in [0.05, 0.1) is 10.5 Å². The first-order chi connectivity index (χ1) is 15.7. The van der Waals surface area contributed by atoms with Gasteiger partial charge in [-0.15, -0.1) is 0 Å². The van der Waals surface area contributed by atoms with Crippen LogP contribution in [0.15, 0.2) is 47.4 Å². The number of carbonyl (C=O) groups is 2. The van der Waals surface area contributed by atoms with Crippen LogP contribution in [-0.4, -0.2) is 58.4 Å². The van der Waals surface area contributed by atoms with E-state index in [-0.39, 0.29) is 10.9 Å². The summed E-state index contributed by atoms with van der Waals surface area (Å²) in [5, 5.41) is 8.20. The van der Waals surface area contributed by atoms with Gasteiger partial charge >= 0.3 is 6.03 Å². The van der Waals surface area contributed by atoms with E-state index in [1.165, 1.54) is 20.2 Å². The van der Waals surface area contributed by atoms with Crippen molar-refractivity contribution in [2.75, 3.05) is 49.3 Å². The third-order valence-electron chi connectivity index (χ3n) is 5.40. The van der Waals surface area contributed by atoms with Crippen LogP contribution in [0, 0.1) is 0 Å². The van der Waals surface area contributed by atoms with Gasteiger partial charge in [0.1, 0.15) is 0 Å². The van der Waals surface area contributed by atoms with Crippen LogP contribution < -0.4 is 20.9 Å². The molecule has 1 fully saturated rings. The molecule has 33 heavy (non-hydrogen) atoms. The van der Waals surface area contributed by atoms with Crippen molar-refractivity contribution in [3.8, 4) is 0 Å². The average molecular weight is 474 g/mol. The monoisotopic (exact) mass is 473 g/mol. The number of anilines is 3. The van der Waals surface area contributed by atoms with Crippen LogP contribution in [0.5, 0.6) is 0 Å². The summed E-state index contributed by atoms with van der Waals surface area (Å²) in [7, 11) is -0.780. The summed E-state index contributed by atoms with van der Waals surface area (Å²) >= 11 is 0. The molecular weight excluding hydrogens is 442 g/mol. The summed E-state index contributed by atoms with van der Waals surface area (Å²) in [6.07, 6.45) is 3.18. The Balaban J connectivity index is 1.92. The minimum atomic E-state index is -3.70. The van der Waals surface area contributed by atoms with E-state index in [0.717, 1.165) is 36.7 Å². The van der Waals surface area contributed by atoms with Gasteiger partial charge in [-0.3, -0.25) is 4.79 Å². The number of benzene rings is 2. The van der Waals surface area contributed by atoms with Crippen LogP contribution in [0.25, 0.3) is 0 Å². The molecule has 9 nitrogen and oxygen atoms in total. The van der Waals surface area contributed by atoms with Gasteiger partial charge in [-0.2, -0.15) is 0 Å². The van der Waals surface area contributed by atoms with Crippen LogP contribution in [0.3, 0.4) is 0 Å². The lowest BCUT2D eigenvalue weighted by molar-refractivity contribution is 0.102. The Morgan fingerprint density at radius 1 is 0.970 bits per heavy atom. The van der Waals surface area contributed by atoms with Crippen molar-refractivity contribution >= 4 is 39.0 Å². The molecule has 3 amide bonds. The van der Waals surface area contributed by atoms with Crippen LogP contribution >= 0.6 is 0 Å². The molecule has 0 aliphatic carbocycles. The summed E-state index contributed by atoms with van der Waals surface area (Å²) in [6.45, 7) is 3.94. The lowest BCUT2D eigenvalue weighted by atomic mass is 10.1. The predicted molar refractivity (Wildman–Crippen MR) is 130 cm³/mol. The quantitative estimate of drug-likeness (QED) is 0.571. The number of hydrogen-bond donors (Lipinski definition) is 3. The van der Waals surface area contributed by atoms with Crippen molar-refractivity contribution < 1.29 is 18.0 Å². The minimum absolute atomic E-state index is 0.0602. The highest BCUT2D eigenvalue weighted by Gasteiger charge is 2.24. The van der Waals surface area contributed by atoms with Gasteiger partial charge in [-0.05, 0) is 62.6 Å². The molecular formula is C23H31N5O4S. The van der Waals surface area contributed by atoms with Gasteiger partial charge in [0.25, 0.3) is 5.91 Å². The Labute approximate surface area is 195 Å². The Morgan fingerprint density at radius 2 is 1.64 bits per heavy atom. The Bertz CT molecular complexity index is 1110. The molecule has 2 aromatic rings. The normalized spacial score (nSPS) is 14.1. The molecule has 0 saturated carbocycles. The lowest BCUT2D eigenvalue weighted by Gasteiger charge is -2.30. The van der Waals surface area contributed by atoms with Crippen LogP contribution in [0.2, 0.25) is 0 Å². The zero-order chi connectivity index (χ0) is 24.0. The average Bonchev–Trinajstić information content (AvgIpc) is 2.79. The molecule has 2 aromatic carbocycles. The smallest absolute Gasteiger partial charge is 0.319 e. The molecule has 0 spiro atoms. The maximum atomic E-state index is 13.3. The molecule has 1 aliphatic heterocycles. The van der Waals surface area contributed by atoms with E-state index in [0.29, 0.717) is 29.2 Å². The van der Waals surface area contributed by atoms with E-state index in [4.69, 9.17) is 0 Å². The molecule has 0 atom stereocenters. The largest absolute Gasteiger partial charge is 0.371 e. The second-order valence-corrected chi connectivity index (χ2v) is 10.2. The van der Waals surface area contributed by atoms with E-state index in [2.05, 4.69) is 20.9 Å². The molecule has 178 valence electrons. The fourth-order valence-corrected chi connectivity index (χ4v) is 4.62. The fourth-order valence-electron chi connectivity index (χ4n) is 3.69. The van der Waals surface area contributed by atoms with E-state index in [9.17, 15) is 18.0 Å². The van der Waals surface area contributed by atoms with E-state index < -0.39 is 15.9 Å². The lowest BCUT2D eigenvalue weighted by Crippen LogP contribution is -2.32. The molecule has 0 aromatic heterocycles. The fraction of sp³-hybridized carbons (Fsp3) is 0.391. The van der Waals surface area contributed by atoms with E-state index in [1.54, 1.807) is 36.4 Å². The maximum Gasteiger partial charge on any atom is 0.319 e. The predicted octanol–water partition coefficient (Wildman–Crippen LogP) is 3.32. The number of amides is 3. The molecule has 0 radical (unpaired) electrons. The number of sulfonamides is 1. The Kier molecular flexibility index (Phi) is 7.93. The first-order valence-corrected chi connectivity index (χ1v) is 12.4. The van der Waals surface area contributed by atoms with Crippen LogP contribution in [0.4, 0.5) is 21.9 Å². The molecule has 1 heterocycles. The van der Waals surface area contributed by atoms with Gasteiger partial charge in [-0.25, -0.2) is 17.5 Å². The minimum Gasteiger partial charge on any atom is -0.371 e. The van der Waals surface area contributed by atoms with E-state index >= 15 is 0 Å². The zero-order valence-electron chi connectivity index (χ0n) is 19.2. The summed E-state index contributed by atoms with van der Waals surface area (Å²) in [5.41, 5.74) is 2.02. The highest BCUT2D eigenvalue weighted by atomic mass is 32.2. The zero-order valence-corrected chi connectivity index (χ0v) is 20.0. The Morgan fingerprint density at radius 3 is 2.27 bits per heavy atom. The summed E-state index contributed by atoms with van der Waals surface area (Å²) in [5.74, 6) is -0.415. The second kappa shape index (κ2) is 10.7. The van der Waals surface area contributed by atoms with Gasteiger partial charge < -0.3 is 20.9 Å². The van der Waals surface area contributed by atoms with Gasteiger partial charge in [-0.1, -0.05) is 6.07 Å². The van der Waals surface area contributed by atoms with Gasteiger partial charge in [0.15, 0.2) is 0 Å². The highest BCUT2D eigenvalue weighted by Crippen LogP contribution is 2.29. The number of hydrogen-bond acceptors (Lipinski definition) is 5. The number of nitrogens with zero attached hydrogens (tertiary/aromatic N) is 2. The van der Waals surface area contributed by atoms with Crippen LogP contribution in [-0.2, 0) is 10.0 Å². The number of carbonyl (C=O) groups excluding carboxylic acids is 2. The molecule has 1 saturated heterocycles. The summed E-state index contributed by atoms with van der Waals surface area (Å²) in [4.78, 5) is 27.3. The summed E-state index contributed by atoms with van der Waals surface area (Å²) < 4.78 is 26.5. The maximum absolute atomic E-state index is 13.3. The van der Waals surface area contributed by atoms with Crippen molar-refractivity contribution in [1.82, 2.24) is 9.62 Å². The number of rotatable bonds is 7. The third kappa shape index (κ3) is 6.02. The molecule has 0 unspecified atom stereocenters. The van der Waals surface area contributed by atoms with Gasteiger partial charge in [0, 0.05) is 50.8 Å². The van der Waals surface area contributed by atoms with Crippen molar-refractivity contribution in [2.45, 2.75) is 31.1 Å². The first kappa shape index (κ1) is 24.5. The highest BCUT2D eigenvalue weighted by molar-refractivity contribution is 7.89. The van der Waals surface area contributed by atoms with Gasteiger partial charge in [0.2, 0.25) is 10.0 Å². The molecule has 3 rings (SSSR count). The van der Waals surface area contributed by atoms with Crippen molar-refractivity contribution in [1.29, 1.82) is 0 Å². The van der Waals surface area contributed by atoms with Crippen molar-refractivity contribution in [3.63, 3.8) is 0 Å². The number of nitrogens with one attached hydrogen (secondary N) is 3.